The third-order valence-corrected chi connectivity index (χ3v) is 4.11. The van der Waals surface area contributed by atoms with E-state index >= 15 is 0 Å². The first-order valence-corrected chi connectivity index (χ1v) is 9.35. The van der Waals surface area contributed by atoms with Gasteiger partial charge in [-0.05, 0) is 50.2 Å². The number of aromatic nitrogens is 1. The van der Waals surface area contributed by atoms with Crippen LogP contribution in [0.3, 0.4) is 0 Å². The van der Waals surface area contributed by atoms with Gasteiger partial charge in [-0.1, -0.05) is 30.8 Å². The first-order valence-electron chi connectivity index (χ1n) is 9.35. The van der Waals surface area contributed by atoms with Crippen LogP contribution in [-0.2, 0) is 20.9 Å². The van der Waals surface area contributed by atoms with Gasteiger partial charge in [-0.3, -0.25) is 0 Å². The summed E-state index contributed by atoms with van der Waals surface area (Å²) in [6.07, 6.45) is 1.29. The molecule has 5 nitrogen and oxygen atoms in total. The van der Waals surface area contributed by atoms with Crippen molar-refractivity contribution in [2.45, 2.75) is 20.5 Å². The van der Waals surface area contributed by atoms with E-state index in [-0.39, 0.29) is 0 Å². The zero-order valence-corrected chi connectivity index (χ0v) is 16.6. The van der Waals surface area contributed by atoms with Crippen LogP contribution in [0.15, 0.2) is 79.1 Å². The molecule has 0 saturated carbocycles. The van der Waals surface area contributed by atoms with Gasteiger partial charge in [-0.2, -0.15) is 0 Å². The second-order valence-corrected chi connectivity index (χ2v) is 6.34. The van der Waals surface area contributed by atoms with E-state index in [0.29, 0.717) is 24.7 Å². The summed E-state index contributed by atoms with van der Waals surface area (Å²) in [5.74, 6) is 1.13. The van der Waals surface area contributed by atoms with Crippen LogP contribution in [0.5, 0.6) is 5.75 Å². The monoisotopic (exact) mass is 389 g/mol. The van der Waals surface area contributed by atoms with Crippen LogP contribution in [0.25, 0.3) is 16.7 Å². The van der Waals surface area contributed by atoms with Crippen LogP contribution in [0.1, 0.15) is 25.1 Å². The number of fused-ring (bicyclic) bond motifs is 1. The molecule has 1 aromatic heterocycles. The summed E-state index contributed by atoms with van der Waals surface area (Å²) in [4.78, 5) is 16.0. The van der Waals surface area contributed by atoms with Crippen molar-refractivity contribution in [1.29, 1.82) is 0 Å². The molecule has 0 amide bonds. The highest BCUT2D eigenvalue weighted by molar-refractivity contribution is 5.82. The molecule has 0 atom stereocenters. The Morgan fingerprint density at radius 1 is 1.07 bits per heavy atom. The van der Waals surface area contributed by atoms with Crippen molar-refractivity contribution >= 4 is 22.6 Å². The molecule has 0 radical (unpaired) electrons. The summed E-state index contributed by atoms with van der Waals surface area (Å²) in [6.45, 7) is 8.03. The van der Waals surface area contributed by atoms with Gasteiger partial charge in [0, 0.05) is 10.9 Å². The Morgan fingerprint density at radius 2 is 1.83 bits per heavy atom. The fraction of sp³-hybridized carbons (Fsp3) is 0.167. The van der Waals surface area contributed by atoms with Crippen LogP contribution in [-0.4, -0.2) is 17.6 Å². The minimum absolute atomic E-state index is 0.319. The van der Waals surface area contributed by atoms with Gasteiger partial charge in [0.2, 0.25) is 0 Å². The van der Waals surface area contributed by atoms with Crippen molar-refractivity contribution in [2.24, 2.45) is 0 Å². The highest BCUT2D eigenvalue weighted by Gasteiger charge is 2.05. The molecule has 3 rings (SSSR count). The number of hydrogen-bond donors (Lipinski definition) is 0. The van der Waals surface area contributed by atoms with Crippen LogP contribution in [0, 0.1) is 0 Å². The third-order valence-electron chi connectivity index (χ3n) is 4.11. The minimum atomic E-state index is -0.441. The van der Waals surface area contributed by atoms with Gasteiger partial charge in [0.25, 0.3) is 0 Å². The Hall–Kier alpha value is -3.60. The summed E-state index contributed by atoms with van der Waals surface area (Å²) in [6, 6.07) is 19.4. The molecule has 0 N–H and O–H groups in total. The zero-order valence-electron chi connectivity index (χ0n) is 16.6. The standard InChI is InChI=1S/C24H23NO4/c1-4-27-24(26)15-17(2)29-18(3)19-10-13-22(14-11-19)28-16-21-12-9-20-7-5-6-8-23(20)25-21/h5-15H,3-4,16H2,1-2H3/b17-15+. The van der Waals surface area contributed by atoms with Gasteiger partial charge in [-0.25, -0.2) is 9.78 Å². The molecule has 0 saturated heterocycles. The normalized spacial score (nSPS) is 11.2. The summed E-state index contributed by atoms with van der Waals surface area (Å²) < 4.78 is 16.3. The van der Waals surface area contributed by atoms with Crippen molar-refractivity contribution in [2.75, 3.05) is 6.61 Å². The van der Waals surface area contributed by atoms with E-state index in [1.165, 1.54) is 6.08 Å². The predicted molar refractivity (Wildman–Crippen MR) is 113 cm³/mol. The first kappa shape index (κ1) is 20.1. The van der Waals surface area contributed by atoms with E-state index in [0.717, 1.165) is 27.9 Å². The molecule has 1 heterocycles. The quantitative estimate of drug-likeness (QED) is 0.298. The lowest BCUT2D eigenvalue weighted by Gasteiger charge is -2.11. The van der Waals surface area contributed by atoms with Crippen LogP contribution in [0.2, 0.25) is 0 Å². The Bertz CT molecular complexity index is 1040. The molecule has 0 unspecified atom stereocenters. The number of rotatable bonds is 8. The zero-order chi connectivity index (χ0) is 20.6. The number of carbonyl (C=O) groups excluding carboxylic acids is 1. The molecule has 0 aliphatic heterocycles. The number of hydrogen-bond acceptors (Lipinski definition) is 5. The molecule has 148 valence electrons. The number of allylic oxidation sites excluding steroid dienone is 1. The molecule has 5 heteroatoms. The second-order valence-electron chi connectivity index (χ2n) is 6.34. The molecule has 0 aliphatic carbocycles. The lowest BCUT2D eigenvalue weighted by atomic mass is 10.2. The van der Waals surface area contributed by atoms with E-state index in [1.54, 1.807) is 13.8 Å². The Kier molecular flexibility index (Phi) is 6.63. The molecule has 0 bridgehead atoms. The van der Waals surface area contributed by atoms with Gasteiger partial charge in [0.1, 0.15) is 23.9 Å². The van der Waals surface area contributed by atoms with Gasteiger partial charge >= 0.3 is 5.97 Å². The molecule has 0 spiro atoms. The second kappa shape index (κ2) is 9.55. The van der Waals surface area contributed by atoms with Crippen LogP contribution in [0.4, 0.5) is 0 Å². The van der Waals surface area contributed by atoms with Crippen molar-refractivity contribution in [1.82, 2.24) is 4.98 Å². The summed E-state index contributed by atoms with van der Waals surface area (Å²) in [5.41, 5.74) is 2.60. The van der Waals surface area contributed by atoms with Gasteiger partial charge < -0.3 is 14.2 Å². The summed E-state index contributed by atoms with van der Waals surface area (Å²) in [7, 11) is 0. The number of pyridine rings is 1. The SMILES string of the molecule is C=C(O/C(C)=C/C(=O)OCC)c1ccc(OCc2ccc3ccccc3n2)cc1. The van der Waals surface area contributed by atoms with Crippen LogP contribution >= 0.6 is 0 Å². The molecular formula is C24H23NO4. The van der Waals surface area contributed by atoms with E-state index in [1.807, 2.05) is 60.7 Å². The Balaban J connectivity index is 1.57. The average molecular weight is 389 g/mol. The molecule has 3 aromatic rings. The fourth-order valence-corrected chi connectivity index (χ4v) is 2.72. The predicted octanol–water partition coefficient (Wildman–Crippen LogP) is 5.27. The molecule has 29 heavy (non-hydrogen) atoms. The Morgan fingerprint density at radius 3 is 2.59 bits per heavy atom. The maximum Gasteiger partial charge on any atom is 0.334 e. The van der Waals surface area contributed by atoms with E-state index in [2.05, 4.69) is 11.6 Å². The lowest BCUT2D eigenvalue weighted by Crippen LogP contribution is -2.01. The number of ether oxygens (including phenoxy) is 3. The molecule has 0 fully saturated rings. The van der Waals surface area contributed by atoms with E-state index in [9.17, 15) is 4.79 Å². The maximum atomic E-state index is 11.4. The van der Waals surface area contributed by atoms with Gasteiger partial charge in [-0.15, -0.1) is 0 Å². The maximum absolute atomic E-state index is 11.4. The first-order chi connectivity index (χ1) is 14.0. The van der Waals surface area contributed by atoms with Crippen molar-refractivity contribution in [3.63, 3.8) is 0 Å². The lowest BCUT2D eigenvalue weighted by molar-refractivity contribution is -0.137. The van der Waals surface area contributed by atoms with Gasteiger partial charge in [0.15, 0.2) is 0 Å². The molecule has 0 aliphatic rings. The number of nitrogens with zero attached hydrogens (tertiary/aromatic N) is 1. The molecular weight excluding hydrogens is 366 g/mol. The van der Waals surface area contributed by atoms with Gasteiger partial charge in [0.05, 0.1) is 23.9 Å². The summed E-state index contributed by atoms with van der Waals surface area (Å²) >= 11 is 0. The topological polar surface area (TPSA) is 57.7 Å². The van der Waals surface area contributed by atoms with Crippen molar-refractivity contribution in [3.8, 4) is 5.75 Å². The average Bonchev–Trinajstić information content (AvgIpc) is 2.72. The van der Waals surface area contributed by atoms with E-state index in [4.69, 9.17) is 14.2 Å². The Labute approximate surface area is 170 Å². The highest BCUT2D eigenvalue weighted by Crippen LogP contribution is 2.21. The van der Waals surface area contributed by atoms with Crippen molar-refractivity contribution < 1.29 is 19.0 Å². The smallest absolute Gasteiger partial charge is 0.334 e. The minimum Gasteiger partial charge on any atom is -0.487 e. The third kappa shape index (κ3) is 5.69. The van der Waals surface area contributed by atoms with Crippen molar-refractivity contribution in [3.05, 3.63) is 90.3 Å². The number of esters is 1. The highest BCUT2D eigenvalue weighted by atomic mass is 16.5. The molecule has 2 aromatic carbocycles. The number of benzene rings is 2. The number of carbonyl (C=O) groups is 1. The largest absolute Gasteiger partial charge is 0.487 e. The van der Waals surface area contributed by atoms with E-state index < -0.39 is 5.97 Å². The van der Waals surface area contributed by atoms with Crippen LogP contribution < -0.4 is 4.74 Å². The number of para-hydroxylation sites is 1. The fourth-order valence-electron chi connectivity index (χ4n) is 2.72. The summed E-state index contributed by atoms with van der Waals surface area (Å²) in [5, 5.41) is 1.10.